The number of carbonyl (C=O) groups excluding carboxylic acids is 2. The Hall–Kier alpha value is -2.21. The number of alkyl halides is 3. The number of nitrogens with zero attached hydrogens (tertiary/aromatic N) is 2. The lowest BCUT2D eigenvalue weighted by Crippen LogP contribution is -2.51. The Morgan fingerprint density at radius 3 is 2.21 bits per heavy atom. The number of rotatable bonds is 11. The number of anilines is 1. The maximum atomic E-state index is 13.5. The van der Waals surface area contributed by atoms with Gasteiger partial charge in [0.05, 0.1) is 32.6 Å². The predicted octanol–water partition coefficient (Wildman–Crippen LogP) is 5.77. The van der Waals surface area contributed by atoms with Crippen molar-refractivity contribution in [3.8, 4) is 0 Å². The van der Waals surface area contributed by atoms with E-state index in [1.165, 1.54) is 19.1 Å². The molecule has 0 heterocycles. The van der Waals surface area contributed by atoms with Crippen LogP contribution in [0.3, 0.4) is 0 Å². The lowest BCUT2D eigenvalue weighted by Gasteiger charge is -2.31. The first-order chi connectivity index (χ1) is 17.6. The van der Waals surface area contributed by atoms with E-state index < -0.39 is 56.9 Å². The van der Waals surface area contributed by atoms with Crippen molar-refractivity contribution < 1.29 is 31.2 Å². The van der Waals surface area contributed by atoms with Crippen LogP contribution in [0.4, 0.5) is 18.9 Å². The monoisotopic (exact) mass is 615 g/mol. The lowest BCUT2D eigenvalue weighted by atomic mass is 10.1. The normalized spacial score (nSPS) is 12.7. The maximum absolute atomic E-state index is 13.5. The van der Waals surface area contributed by atoms with Crippen molar-refractivity contribution in [3.05, 3.63) is 62.6 Å². The molecular weight excluding hydrogens is 590 g/mol. The second-order valence-electron chi connectivity index (χ2n) is 8.52. The van der Waals surface area contributed by atoms with E-state index in [4.69, 9.17) is 34.8 Å². The number of amides is 2. The maximum Gasteiger partial charge on any atom is 0.417 e. The van der Waals surface area contributed by atoms with E-state index in [0.717, 1.165) is 29.7 Å². The molecule has 0 aliphatic carbocycles. The second kappa shape index (κ2) is 13.2. The molecule has 0 aliphatic heterocycles. The molecule has 0 saturated carbocycles. The Kier molecular flexibility index (Phi) is 11.1. The minimum absolute atomic E-state index is 0.149. The molecular formula is C24H27Cl3F3N3O4S. The van der Waals surface area contributed by atoms with Crippen molar-refractivity contribution in [2.24, 2.45) is 0 Å². The van der Waals surface area contributed by atoms with Gasteiger partial charge in [0, 0.05) is 13.1 Å². The molecule has 2 aromatic rings. The molecule has 1 N–H and O–H groups in total. The molecule has 1 atom stereocenters. The number of hydrogen-bond acceptors (Lipinski definition) is 4. The molecule has 0 aromatic heterocycles. The van der Waals surface area contributed by atoms with Crippen molar-refractivity contribution in [2.45, 2.75) is 45.5 Å². The number of benzene rings is 2. The molecule has 0 fully saturated rings. The van der Waals surface area contributed by atoms with Crippen LogP contribution in [0.1, 0.15) is 37.8 Å². The Morgan fingerprint density at radius 2 is 1.66 bits per heavy atom. The van der Waals surface area contributed by atoms with Crippen molar-refractivity contribution in [2.75, 3.05) is 23.7 Å². The molecule has 38 heavy (non-hydrogen) atoms. The van der Waals surface area contributed by atoms with Gasteiger partial charge in [-0.05, 0) is 49.2 Å². The van der Waals surface area contributed by atoms with Crippen molar-refractivity contribution in [1.82, 2.24) is 10.2 Å². The summed E-state index contributed by atoms with van der Waals surface area (Å²) in [7, 11) is -4.23. The summed E-state index contributed by atoms with van der Waals surface area (Å²) in [6.07, 6.45) is -2.57. The third-order valence-corrected chi connectivity index (χ3v) is 7.77. The molecule has 0 spiro atoms. The summed E-state index contributed by atoms with van der Waals surface area (Å²) >= 11 is 17.7. The van der Waals surface area contributed by atoms with Gasteiger partial charge in [-0.3, -0.25) is 13.9 Å². The van der Waals surface area contributed by atoms with Gasteiger partial charge in [-0.15, -0.1) is 0 Å². The fraction of sp³-hybridized carbons (Fsp3) is 0.417. The van der Waals surface area contributed by atoms with E-state index in [0.29, 0.717) is 28.9 Å². The van der Waals surface area contributed by atoms with Crippen LogP contribution >= 0.6 is 34.8 Å². The van der Waals surface area contributed by atoms with Crippen molar-refractivity contribution in [3.63, 3.8) is 0 Å². The molecule has 2 aromatic carbocycles. The van der Waals surface area contributed by atoms with Gasteiger partial charge in [-0.2, -0.15) is 13.2 Å². The zero-order chi connectivity index (χ0) is 28.8. The highest BCUT2D eigenvalue weighted by Crippen LogP contribution is 2.37. The SMILES string of the molecule is CCCCNC(=O)[C@@H](C)N(Cc1ccc(Cl)c(Cl)c1)C(=O)CN(c1ccc(Cl)c(C(F)(F)F)c1)S(C)(=O)=O. The van der Waals surface area contributed by atoms with E-state index in [1.54, 1.807) is 6.07 Å². The number of halogens is 6. The van der Waals surface area contributed by atoms with Gasteiger partial charge in [-0.25, -0.2) is 8.42 Å². The van der Waals surface area contributed by atoms with Crippen LogP contribution in [0.15, 0.2) is 36.4 Å². The number of carbonyl (C=O) groups is 2. The van der Waals surface area contributed by atoms with Crippen LogP contribution in [0.5, 0.6) is 0 Å². The second-order valence-corrected chi connectivity index (χ2v) is 11.7. The van der Waals surface area contributed by atoms with E-state index in [1.807, 2.05) is 6.92 Å². The van der Waals surface area contributed by atoms with Gasteiger partial charge >= 0.3 is 6.18 Å². The topological polar surface area (TPSA) is 86.8 Å². The molecule has 2 amide bonds. The van der Waals surface area contributed by atoms with E-state index in [9.17, 15) is 31.2 Å². The predicted molar refractivity (Wildman–Crippen MR) is 143 cm³/mol. The quantitative estimate of drug-likeness (QED) is 0.325. The first-order valence-electron chi connectivity index (χ1n) is 11.4. The number of nitrogens with one attached hydrogen (secondary N) is 1. The zero-order valence-electron chi connectivity index (χ0n) is 20.8. The summed E-state index contributed by atoms with van der Waals surface area (Å²) in [6.45, 7) is 2.76. The standard InChI is InChI=1S/C24H27Cl3F3N3O4S/c1-4-5-10-31-23(35)15(2)32(13-16-6-8-20(26)21(27)11-16)22(34)14-33(38(3,36)37)17-7-9-19(25)18(12-17)24(28,29)30/h6-9,11-12,15H,4-5,10,13-14H2,1-3H3,(H,31,35)/t15-/m1/s1. The Labute approximate surface area is 234 Å². The number of sulfonamides is 1. The molecule has 0 unspecified atom stereocenters. The average molecular weight is 617 g/mol. The molecule has 2 rings (SSSR count). The van der Waals surface area contributed by atoms with Crippen LogP contribution in [0.2, 0.25) is 15.1 Å². The largest absolute Gasteiger partial charge is 0.417 e. The van der Waals surface area contributed by atoms with Gasteiger partial charge in [0.15, 0.2) is 0 Å². The van der Waals surface area contributed by atoms with Gasteiger partial charge in [0.1, 0.15) is 12.6 Å². The van der Waals surface area contributed by atoms with Crippen LogP contribution in [-0.4, -0.2) is 50.5 Å². The molecule has 14 heteroatoms. The highest BCUT2D eigenvalue weighted by molar-refractivity contribution is 7.92. The highest BCUT2D eigenvalue weighted by atomic mass is 35.5. The first-order valence-corrected chi connectivity index (χ1v) is 14.4. The van der Waals surface area contributed by atoms with Gasteiger partial charge < -0.3 is 10.2 Å². The molecule has 0 aliphatic rings. The van der Waals surface area contributed by atoms with Gasteiger partial charge in [0.2, 0.25) is 21.8 Å². The smallest absolute Gasteiger partial charge is 0.354 e. The minimum atomic E-state index is -4.86. The van der Waals surface area contributed by atoms with Gasteiger partial charge in [-0.1, -0.05) is 54.2 Å². The molecule has 210 valence electrons. The Morgan fingerprint density at radius 1 is 1.03 bits per heavy atom. The number of hydrogen-bond donors (Lipinski definition) is 1. The third kappa shape index (κ3) is 8.65. The van der Waals surface area contributed by atoms with E-state index in [-0.39, 0.29) is 16.6 Å². The fourth-order valence-corrected chi connectivity index (χ4v) is 4.84. The van der Waals surface area contributed by atoms with Gasteiger partial charge in [0.25, 0.3) is 0 Å². The van der Waals surface area contributed by atoms with Crippen LogP contribution in [0, 0.1) is 0 Å². The summed E-state index contributed by atoms with van der Waals surface area (Å²) in [5.74, 6) is -1.31. The first kappa shape index (κ1) is 32.0. The van der Waals surface area contributed by atoms with Crippen molar-refractivity contribution in [1.29, 1.82) is 0 Å². The van der Waals surface area contributed by atoms with Crippen LogP contribution in [0.25, 0.3) is 0 Å². The summed E-state index contributed by atoms with van der Waals surface area (Å²) < 4.78 is 65.9. The number of unbranched alkanes of at least 4 members (excludes halogenated alkanes) is 1. The minimum Gasteiger partial charge on any atom is -0.354 e. The van der Waals surface area contributed by atoms with Crippen LogP contribution < -0.4 is 9.62 Å². The molecule has 7 nitrogen and oxygen atoms in total. The zero-order valence-corrected chi connectivity index (χ0v) is 23.9. The summed E-state index contributed by atoms with van der Waals surface area (Å²) in [4.78, 5) is 27.4. The summed E-state index contributed by atoms with van der Waals surface area (Å²) in [5, 5.41) is 2.57. The Bertz CT molecular complexity index is 1280. The highest BCUT2D eigenvalue weighted by Gasteiger charge is 2.35. The lowest BCUT2D eigenvalue weighted by molar-refractivity contribution is -0.139. The molecule has 0 bridgehead atoms. The molecule has 0 radical (unpaired) electrons. The third-order valence-electron chi connectivity index (χ3n) is 5.56. The summed E-state index contributed by atoms with van der Waals surface area (Å²) in [6, 6.07) is 6.06. The average Bonchev–Trinajstić information content (AvgIpc) is 2.81. The van der Waals surface area contributed by atoms with E-state index >= 15 is 0 Å². The summed E-state index contributed by atoms with van der Waals surface area (Å²) in [5.41, 5.74) is -1.17. The van der Waals surface area contributed by atoms with Crippen molar-refractivity contribution >= 4 is 62.3 Å². The molecule has 0 saturated heterocycles. The Balaban J connectivity index is 2.46. The fourth-order valence-electron chi connectivity index (χ4n) is 3.45. The van der Waals surface area contributed by atoms with E-state index in [2.05, 4.69) is 5.32 Å². The van der Waals surface area contributed by atoms with Crippen LogP contribution in [-0.2, 0) is 32.3 Å².